The van der Waals surface area contributed by atoms with Crippen molar-refractivity contribution < 1.29 is 0 Å². The van der Waals surface area contributed by atoms with Gasteiger partial charge < -0.3 is 5.32 Å². The van der Waals surface area contributed by atoms with E-state index < -0.39 is 0 Å². The number of nitrogens with one attached hydrogen (secondary N) is 1. The third kappa shape index (κ3) is 4.31. The summed E-state index contributed by atoms with van der Waals surface area (Å²) in [6.07, 6.45) is 1.95. The molecule has 0 spiro atoms. The van der Waals surface area contributed by atoms with Gasteiger partial charge in [-0.05, 0) is 18.4 Å². The third-order valence-corrected chi connectivity index (χ3v) is 3.92. The fourth-order valence-electron chi connectivity index (χ4n) is 1.15. The van der Waals surface area contributed by atoms with Gasteiger partial charge in [-0.15, -0.1) is 17.9 Å². The summed E-state index contributed by atoms with van der Waals surface area (Å²) in [4.78, 5) is 1.42. The van der Waals surface area contributed by atoms with Crippen molar-refractivity contribution in [1.82, 2.24) is 5.32 Å². The summed E-state index contributed by atoms with van der Waals surface area (Å²) in [5.41, 5.74) is 0. The largest absolute Gasteiger partial charge is 0.309 e. The number of thioether (sulfide) groups is 1. The molecule has 1 rings (SSSR count). The molecule has 1 heterocycles. The first-order valence-electron chi connectivity index (χ1n) is 4.80. The first kappa shape index (κ1) is 11.8. The van der Waals surface area contributed by atoms with Crippen LogP contribution in [0.1, 0.15) is 17.8 Å². The lowest BCUT2D eigenvalue weighted by Crippen LogP contribution is -2.20. The van der Waals surface area contributed by atoms with Crippen molar-refractivity contribution >= 4 is 23.1 Å². The molecule has 0 fully saturated rings. The van der Waals surface area contributed by atoms with Gasteiger partial charge in [-0.2, -0.15) is 11.8 Å². The Kier molecular flexibility index (Phi) is 5.99. The third-order valence-electron chi connectivity index (χ3n) is 1.90. The molecule has 0 bridgehead atoms. The van der Waals surface area contributed by atoms with Crippen LogP contribution < -0.4 is 5.32 Å². The first-order valence-corrected chi connectivity index (χ1v) is 6.83. The van der Waals surface area contributed by atoms with Gasteiger partial charge >= 0.3 is 0 Å². The number of rotatable bonds is 7. The van der Waals surface area contributed by atoms with Gasteiger partial charge in [0, 0.05) is 29.0 Å². The average molecular weight is 227 g/mol. The lowest BCUT2D eigenvalue weighted by molar-refractivity contribution is 0.610. The maximum atomic E-state index is 3.69. The van der Waals surface area contributed by atoms with Crippen molar-refractivity contribution in [2.45, 2.75) is 13.0 Å². The molecule has 1 N–H and O–H groups in total. The van der Waals surface area contributed by atoms with Crippen LogP contribution in [0.15, 0.2) is 30.2 Å². The highest BCUT2D eigenvalue weighted by Crippen LogP contribution is 2.17. The van der Waals surface area contributed by atoms with E-state index in [0.717, 1.165) is 18.1 Å². The van der Waals surface area contributed by atoms with Crippen LogP contribution in [0.4, 0.5) is 0 Å². The summed E-state index contributed by atoms with van der Waals surface area (Å²) >= 11 is 3.73. The second-order valence-corrected chi connectivity index (χ2v) is 5.18. The Hall–Kier alpha value is -0.250. The predicted octanol–water partition coefficient (Wildman–Crippen LogP) is 3.32. The van der Waals surface area contributed by atoms with Gasteiger partial charge in [0.1, 0.15) is 0 Å². The maximum Gasteiger partial charge on any atom is 0.0386 e. The Morgan fingerprint density at radius 1 is 1.71 bits per heavy atom. The zero-order chi connectivity index (χ0) is 10.2. The summed E-state index contributed by atoms with van der Waals surface area (Å²) in [6, 6.07) is 4.77. The minimum absolute atomic E-state index is 0.485. The Labute approximate surface area is 94.6 Å². The van der Waals surface area contributed by atoms with Gasteiger partial charge in [-0.25, -0.2) is 0 Å². The van der Waals surface area contributed by atoms with Crippen LogP contribution in [0, 0.1) is 0 Å². The molecule has 0 radical (unpaired) electrons. The van der Waals surface area contributed by atoms with Crippen LogP contribution in [-0.2, 0) is 0 Å². The molecule has 1 aromatic rings. The van der Waals surface area contributed by atoms with Crippen LogP contribution in [0.5, 0.6) is 0 Å². The molecule has 0 aliphatic carbocycles. The van der Waals surface area contributed by atoms with Crippen LogP contribution in [0.25, 0.3) is 0 Å². The quantitative estimate of drug-likeness (QED) is 0.566. The lowest BCUT2D eigenvalue weighted by Gasteiger charge is -2.11. The lowest BCUT2D eigenvalue weighted by atomic mass is 10.3. The van der Waals surface area contributed by atoms with Gasteiger partial charge in [0.15, 0.2) is 0 Å². The standard InChI is InChI=1S/C11H17NS2/c1-3-7-13-9-6-12-10(2)11-5-4-8-14-11/h3-5,8,10,12H,1,6-7,9H2,2H3. The molecule has 14 heavy (non-hydrogen) atoms. The normalized spacial score (nSPS) is 12.6. The highest BCUT2D eigenvalue weighted by molar-refractivity contribution is 7.99. The van der Waals surface area contributed by atoms with Crippen LogP contribution in [0.3, 0.4) is 0 Å². The highest BCUT2D eigenvalue weighted by Gasteiger charge is 2.03. The smallest absolute Gasteiger partial charge is 0.0386 e. The predicted molar refractivity (Wildman–Crippen MR) is 68.3 cm³/mol. The summed E-state index contributed by atoms with van der Waals surface area (Å²) in [6.45, 7) is 6.97. The Morgan fingerprint density at radius 2 is 2.57 bits per heavy atom. The van der Waals surface area contributed by atoms with E-state index in [9.17, 15) is 0 Å². The Bertz CT molecular complexity index is 244. The van der Waals surface area contributed by atoms with E-state index in [1.54, 1.807) is 0 Å². The molecule has 3 heteroatoms. The fraction of sp³-hybridized carbons (Fsp3) is 0.455. The van der Waals surface area contributed by atoms with Crippen molar-refractivity contribution in [3.8, 4) is 0 Å². The van der Waals surface area contributed by atoms with Crippen molar-refractivity contribution in [3.05, 3.63) is 35.0 Å². The Morgan fingerprint density at radius 3 is 3.21 bits per heavy atom. The molecule has 78 valence electrons. The zero-order valence-corrected chi connectivity index (χ0v) is 10.2. The van der Waals surface area contributed by atoms with Crippen LogP contribution >= 0.6 is 23.1 Å². The van der Waals surface area contributed by atoms with Gasteiger partial charge in [0.2, 0.25) is 0 Å². The molecule has 1 atom stereocenters. The van der Waals surface area contributed by atoms with Gasteiger partial charge in [-0.3, -0.25) is 0 Å². The average Bonchev–Trinajstić information content (AvgIpc) is 2.70. The molecule has 0 saturated carbocycles. The molecule has 0 aromatic carbocycles. The van der Waals surface area contributed by atoms with Crippen molar-refractivity contribution in [2.24, 2.45) is 0 Å². The molecule has 0 amide bonds. The molecule has 1 aromatic heterocycles. The Balaban J connectivity index is 2.10. The van der Waals surface area contributed by atoms with Gasteiger partial charge in [0.25, 0.3) is 0 Å². The zero-order valence-electron chi connectivity index (χ0n) is 8.53. The molecule has 1 unspecified atom stereocenters. The molecule has 1 nitrogen and oxygen atoms in total. The first-order chi connectivity index (χ1) is 6.84. The van der Waals surface area contributed by atoms with Crippen LogP contribution in [0.2, 0.25) is 0 Å². The topological polar surface area (TPSA) is 12.0 Å². The monoisotopic (exact) mass is 227 g/mol. The molecule has 0 aliphatic rings. The van der Waals surface area contributed by atoms with E-state index in [-0.39, 0.29) is 0 Å². The van der Waals surface area contributed by atoms with Crippen molar-refractivity contribution in [2.75, 3.05) is 18.1 Å². The molecule has 0 saturated heterocycles. The summed E-state index contributed by atoms with van der Waals surface area (Å²) in [7, 11) is 0. The maximum absolute atomic E-state index is 3.69. The second kappa shape index (κ2) is 7.10. The van der Waals surface area contributed by atoms with Crippen LogP contribution in [-0.4, -0.2) is 18.1 Å². The van der Waals surface area contributed by atoms with E-state index >= 15 is 0 Å². The van der Waals surface area contributed by atoms with Crippen molar-refractivity contribution in [3.63, 3.8) is 0 Å². The molecule has 0 aliphatic heterocycles. The SMILES string of the molecule is C=CCSCCNC(C)c1cccs1. The van der Waals surface area contributed by atoms with E-state index in [1.807, 2.05) is 29.2 Å². The van der Waals surface area contributed by atoms with Crippen molar-refractivity contribution in [1.29, 1.82) is 0 Å². The second-order valence-electron chi connectivity index (χ2n) is 3.05. The minimum atomic E-state index is 0.485. The highest BCUT2D eigenvalue weighted by atomic mass is 32.2. The van der Waals surface area contributed by atoms with Gasteiger partial charge in [0.05, 0.1) is 0 Å². The van der Waals surface area contributed by atoms with E-state index in [1.165, 1.54) is 4.88 Å². The number of hydrogen-bond donors (Lipinski definition) is 1. The number of hydrogen-bond acceptors (Lipinski definition) is 3. The van der Waals surface area contributed by atoms with E-state index in [2.05, 4.69) is 36.3 Å². The van der Waals surface area contributed by atoms with E-state index in [4.69, 9.17) is 0 Å². The number of thiophene rings is 1. The minimum Gasteiger partial charge on any atom is -0.309 e. The summed E-state index contributed by atoms with van der Waals surface area (Å²) < 4.78 is 0. The van der Waals surface area contributed by atoms with E-state index in [0.29, 0.717) is 6.04 Å². The summed E-state index contributed by atoms with van der Waals surface area (Å²) in [5.74, 6) is 2.21. The fourth-order valence-corrected chi connectivity index (χ4v) is 2.51. The molecular formula is C11H17NS2. The van der Waals surface area contributed by atoms with Gasteiger partial charge in [-0.1, -0.05) is 12.1 Å². The summed E-state index contributed by atoms with van der Waals surface area (Å²) in [5, 5.41) is 5.62. The molecular weight excluding hydrogens is 210 g/mol.